The number of nitrogens with zero attached hydrogens (tertiary/aromatic N) is 1. The lowest BCUT2D eigenvalue weighted by molar-refractivity contribution is -0.107. The van der Waals surface area contributed by atoms with Crippen molar-refractivity contribution in [2.24, 2.45) is 0 Å². The summed E-state index contributed by atoms with van der Waals surface area (Å²) in [7, 11) is 0. The van der Waals surface area contributed by atoms with Crippen LogP contribution in [-0.4, -0.2) is 13.1 Å². The Labute approximate surface area is 82.2 Å². The first-order valence-electron chi connectivity index (χ1n) is 3.56. The fourth-order valence-corrected chi connectivity index (χ4v) is 1.61. The lowest BCUT2D eigenvalue weighted by Gasteiger charge is -2.05. The maximum atomic E-state index is 13.2. The molecule has 0 unspecified atom stereocenters. The van der Waals surface area contributed by atoms with Crippen molar-refractivity contribution >= 4 is 28.0 Å². The molecule has 0 saturated carbocycles. The summed E-state index contributed by atoms with van der Waals surface area (Å²) in [6.07, 6.45) is 0.609. The minimum Gasteiger partial charge on any atom is -0.467 e. The van der Waals surface area contributed by atoms with Crippen LogP contribution in [0.5, 0.6) is 5.75 Å². The van der Waals surface area contributed by atoms with Crippen LogP contribution in [0.4, 0.5) is 10.1 Å². The minimum absolute atomic E-state index is 0.0756. The molecule has 1 aliphatic heterocycles. The third kappa shape index (κ3) is 1.29. The van der Waals surface area contributed by atoms with Crippen LogP contribution in [0.2, 0.25) is 0 Å². The largest absolute Gasteiger partial charge is 0.467 e. The molecular weight excluding hydrogens is 241 g/mol. The van der Waals surface area contributed by atoms with Crippen molar-refractivity contribution in [3.8, 4) is 5.75 Å². The molecule has 1 heterocycles. The van der Waals surface area contributed by atoms with E-state index in [0.717, 1.165) is 0 Å². The van der Waals surface area contributed by atoms with Crippen LogP contribution >= 0.6 is 15.9 Å². The number of anilines is 1. The quantitative estimate of drug-likeness (QED) is 0.708. The number of halogens is 2. The average Bonchev–Trinajstić information content (AvgIpc) is 2.47. The molecule has 0 aliphatic carbocycles. The normalized spacial score (nSPS) is 13.8. The Morgan fingerprint density at radius 3 is 3.08 bits per heavy atom. The second-order valence-corrected chi connectivity index (χ2v) is 3.50. The van der Waals surface area contributed by atoms with Crippen molar-refractivity contribution < 1.29 is 13.9 Å². The average molecular weight is 246 g/mol. The summed E-state index contributed by atoms with van der Waals surface area (Å²) in [6, 6.07) is 2.94. The molecule has 68 valence electrons. The van der Waals surface area contributed by atoms with E-state index in [1.54, 1.807) is 6.07 Å². The molecule has 0 bridgehead atoms. The zero-order valence-electron chi connectivity index (χ0n) is 6.46. The van der Waals surface area contributed by atoms with Crippen LogP contribution in [0.3, 0.4) is 0 Å². The van der Waals surface area contributed by atoms with E-state index in [2.05, 4.69) is 15.9 Å². The van der Waals surface area contributed by atoms with Crippen molar-refractivity contribution in [3.63, 3.8) is 0 Å². The van der Waals surface area contributed by atoms with Gasteiger partial charge in [0.1, 0.15) is 0 Å². The second kappa shape index (κ2) is 2.99. The zero-order valence-corrected chi connectivity index (χ0v) is 8.04. The van der Waals surface area contributed by atoms with Gasteiger partial charge in [-0.3, -0.25) is 9.69 Å². The highest BCUT2D eigenvalue weighted by Crippen LogP contribution is 2.37. The Bertz CT molecular complexity index is 369. The van der Waals surface area contributed by atoms with Gasteiger partial charge in [0.2, 0.25) is 6.41 Å². The van der Waals surface area contributed by atoms with Gasteiger partial charge in [0.15, 0.2) is 18.3 Å². The number of carbonyl (C=O) groups is 1. The molecule has 1 aliphatic rings. The highest BCUT2D eigenvalue weighted by molar-refractivity contribution is 9.10. The molecule has 1 amide bonds. The van der Waals surface area contributed by atoms with Gasteiger partial charge in [-0.25, -0.2) is 4.39 Å². The molecule has 0 radical (unpaired) electrons. The maximum Gasteiger partial charge on any atom is 0.216 e. The Morgan fingerprint density at radius 2 is 2.38 bits per heavy atom. The van der Waals surface area contributed by atoms with Gasteiger partial charge in [0.05, 0.1) is 5.69 Å². The first-order chi connectivity index (χ1) is 6.22. The van der Waals surface area contributed by atoms with E-state index in [1.807, 2.05) is 0 Å². The molecule has 2 rings (SSSR count). The number of hydrogen-bond acceptors (Lipinski definition) is 2. The predicted molar refractivity (Wildman–Crippen MR) is 48.1 cm³/mol. The Kier molecular flexibility index (Phi) is 1.95. The molecule has 0 saturated heterocycles. The minimum atomic E-state index is -0.464. The number of fused-ring (bicyclic) bond motifs is 1. The lowest BCUT2D eigenvalue weighted by atomic mass is 10.3. The van der Waals surface area contributed by atoms with Crippen molar-refractivity contribution in [2.75, 3.05) is 11.6 Å². The molecule has 1 aromatic rings. The fourth-order valence-electron chi connectivity index (χ4n) is 1.19. The highest BCUT2D eigenvalue weighted by atomic mass is 79.9. The van der Waals surface area contributed by atoms with Crippen LogP contribution in [-0.2, 0) is 4.79 Å². The third-order valence-corrected chi connectivity index (χ3v) is 2.23. The van der Waals surface area contributed by atoms with E-state index in [1.165, 1.54) is 11.0 Å². The summed E-state index contributed by atoms with van der Waals surface area (Å²) in [5.41, 5.74) is 0.460. The first-order valence-corrected chi connectivity index (χ1v) is 4.35. The van der Waals surface area contributed by atoms with Gasteiger partial charge in [-0.1, -0.05) is 15.9 Å². The topological polar surface area (TPSA) is 29.5 Å². The van der Waals surface area contributed by atoms with Gasteiger partial charge in [-0.05, 0) is 12.1 Å². The van der Waals surface area contributed by atoms with Crippen molar-refractivity contribution in [1.82, 2.24) is 0 Å². The summed E-state index contributed by atoms with van der Waals surface area (Å²) in [4.78, 5) is 11.8. The summed E-state index contributed by atoms with van der Waals surface area (Å²) in [5, 5.41) is 0. The van der Waals surface area contributed by atoms with E-state index < -0.39 is 5.82 Å². The number of ether oxygens (including phenoxy) is 1. The SMILES string of the molecule is O=CN1COc2c(F)cc(Br)cc21. The summed E-state index contributed by atoms with van der Waals surface area (Å²) < 4.78 is 18.7. The van der Waals surface area contributed by atoms with E-state index in [4.69, 9.17) is 4.74 Å². The smallest absolute Gasteiger partial charge is 0.216 e. The third-order valence-electron chi connectivity index (χ3n) is 1.77. The van der Waals surface area contributed by atoms with Gasteiger partial charge in [-0.15, -0.1) is 0 Å². The summed E-state index contributed by atoms with van der Waals surface area (Å²) in [5.74, 6) is -0.330. The highest BCUT2D eigenvalue weighted by Gasteiger charge is 2.23. The Balaban J connectivity index is 2.57. The van der Waals surface area contributed by atoms with Crippen LogP contribution < -0.4 is 9.64 Å². The molecule has 0 N–H and O–H groups in total. The van der Waals surface area contributed by atoms with Crippen molar-refractivity contribution in [1.29, 1.82) is 0 Å². The molecule has 0 spiro atoms. The number of carbonyl (C=O) groups excluding carboxylic acids is 1. The summed E-state index contributed by atoms with van der Waals surface area (Å²) >= 11 is 3.13. The number of amides is 1. The van der Waals surface area contributed by atoms with Crippen molar-refractivity contribution in [2.45, 2.75) is 0 Å². The molecule has 0 atom stereocenters. The van der Waals surface area contributed by atoms with E-state index in [9.17, 15) is 9.18 Å². The first kappa shape index (κ1) is 8.50. The molecule has 0 aromatic heterocycles. The van der Waals surface area contributed by atoms with Gasteiger partial charge >= 0.3 is 0 Å². The zero-order chi connectivity index (χ0) is 9.42. The molecule has 5 heteroatoms. The van der Waals surface area contributed by atoms with Crippen LogP contribution in [0.25, 0.3) is 0 Å². The lowest BCUT2D eigenvalue weighted by Crippen LogP contribution is -2.19. The predicted octanol–water partition coefficient (Wildman–Crippen LogP) is 1.90. The molecule has 13 heavy (non-hydrogen) atoms. The standard InChI is InChI=1S/C8H5BrFNO2/c9-5-1-6(10)8-7(2-5)11(3-12)4-13-8/h1-3H,4H2. The van der Waals surface area contributed by atoms with E-state index >= 15 is 0 Å². The van der Waals surface area contributed by atoms with E-state index in [0.29, 0.717) is 16.6 Å². The maximum absolute atomic E-state index is 13.2. The Morgan fingerprint density at radius 1 is 1.62 bits per heavy atom. The van der Waals surface area contributed by atoms with Gasteiger partial charge in [0, 0.05) is 4.47 Å². The van der Waals surface area contributed by atoms with Gasteiger partial charge < -0.3 is 4.74 Å². The fraction of sp³-hybridized carbons (Fsp3) is 0.125. The monoisotopic (exact) mass is 245 g/mol. The summed E-state index contributed by atoms with van der Waals surface area (Å²) in [6.45, 7) is 0.0756. The number of hydrogen-bond donors (Lipinski definition) is 0. The van der Waals surface area contributed by atoms with Crippen molar-refractivity contribution in [3.05, 3.63) is 22.4 Å². The number of rotatable bonds is 1. The Hall–Kier alpha value is -1.10. The van der Waals surface area contributed by atoms with Crippen LogP contribution in [0.15, 0.2) is 16.6 Å². The van der Waals surface area contributed by atoms with Crippen LogP contribution in [0, 0.1) is 5.82 Å². The molecule has 1 aromatic carbocycles. The molecule has 0 fully saturated rings. The van der Waals surface area contributed by atoms with Gasteiger partial charge in [0.25, 0.3) is 0 Å². The van der Waals surface area contributed by atoms with Gasteiger partial charge in [-0.2, -0.15) is 0 Å². The second-order valence-electron chi connectivity index (χ2n) is 2.58. The molecule has 3 nitrogen and oxygen atoms in total. The van der Waals surface area contributed by atoms with E-state index in [-0.39, 0.29) is 12.5 Å². The number of benzene rings is 1. The van der Waals surface area contributed by atoms with Crippen LogP contribution in [0.1, 0.15) is 0 Å². The molecular formula is C8H5BrFNO2.